The van der Waals surface area contributed by atoms with Gasteiger partial charge < -0.3 is 34.7 Å². The Morgan fingerprint density at radius 1 is 1.14 bits per heavy atom. The smallest absolute Gasteiger partial charge is 0.342 e. The Balaban J connectivity index is 1.94. The minimum absolute atomic E-state index is 0.243. The van der Waals surface area contributed by atoms with Crippen molar-refractivity contribution in [2.45, 2.75) is 96.3 Å². The third-order valence-corrected chi connectivity index (χ3v) is 8.11. The van der Waals surface area contributed by atoms with Crippen molar-refractivity contribution in [3.8, 4) is 0 Å². The Bertz CT molecular complexity index is 1390. The summed E-state index contributed by atoms with van der Waals surface area (Å²) < 4.78 is 65.1. The molecule has 20 heteroatoms. The fraction of sp³-hybridized carbons (Fsp3) is 0.696. The fourth-order valence-electron chi connectivity index (χ4n) is 4.11. The average Bonchev–Trinajstić information content (AvgIpc) is 3.41. The summed E-state index contributed by atoms with van der Waals surface area (Å²) in [4.78, 5) is 46.9. The number of carbonyl (C=O) groups excluding carboxylic acids is 2. The molecule has 6 atom stereocenters. The van der Waals surface area contributed by atoms with Crippen LogP contribution in [0.1, 0.15) is 47.8 Å². The second kappa shape index (κ2) is 13.3. The number of alkyl halides is 2. The van der Waals surface area contributed by atoms with E-state index in [0.29, 0.717) is 0 Å². The van der Waals surface area contributed by atoms with Gasteiger partial charge in [0.15, 0.2) is 23.0 Å². The molecule has 1 aliphatic rings. The maximum absolute atomic E-state index is 14.6. The number of halogens is 2. The minimum Gasteiger partial charge on any atom is -0.462 e. The van der Waals surface area contributed by atoms with Gasteiger partial charge in [0.1, 0.15) is 24.3 Å². The van der Waals surface area contributed by atoms with Gasteiger partial charge >= 0.3 is 19.6 Å². The van der Waals surface area contributed by atoms with E-state index in [9.17, 15) is 37.9 Å². The van der Waals surface area contributed by atoms with Crippen LogP contribution in [0.5, 0.6) is 0 Å². The largest absolute Gasteiger partial charge is 0.462 e. The topological polar surface area (TPSA) is 242 Å². The number of aliphatic hydroxyl groups excluding tert-OH is 2. The van der Waals surface area contributed by atoms with Crippen LogP contribution >= 0.6 is 7.67 Å². The summed E-state index contributed by atoms with van der Waals surface area (Å²) in [6.07, 6.45) is -9.89. The van der Waals surface area contributed by atoms with Crippen molar-refractivity contribution in [2.24, 2.45) is 0 Å². The predicted molar refractivity (Wildman–Crippen MR) is 145 cm³/mol. The number of nitrogens with one attached hydrogen (secondary N) is 3. The highest BCUT2D eigenvalue weighted by atomic mass is 31.2. The number of rotatable bonds is 13. The molecule has 1 saturated heterocycles. The van der Waals surface area contributed by atoms with Gasteiger partial charge in [-0.25, -0.2) is 23.9 Å². The van der Waals surface area contributed by atoms with Crippen LogP contribution in [0, 0.1) is 0 Å². The number of H-pyrrole nitrogens is 1. The lowest BCUT2D eigenvalue weighted by Crippen LogP contribution is -2.53. The number of aliphatic hydroxyl groups is 2. The lowest BCUT2D eigenvalue weighted by Gasteiger charge is -2.33. The number of ether oxygens (including phenoxy) is 3. The van der Waals surface area contributed by atoms with E-state index in [4.69, 9.17) is 24.5 Å². The van der Waals surface area contributed by atoms with E-state index in [1.54, 1.807) is 27.7 Å². The number of anilines is 1. The first-order valence-electron chi connectivity index (χ1n) is 13.2. The Hall–Kier alpha value is -3.06. The van der Waals surface area contributed by atoms with Crippen molar-refractivity contribution in [2.75, 3.05) is 12.3 Å². The van der Waals surface area contributed by atoms with Crippen molar-refractivity contribution in [3.05, 3.63) is 16.7 Å². The molecule has 43 heavy (non-hydrogen) atoms. The maximum Gasteiger partial charge on any atom is 0.342 e. The highest BCUT2D eigenvalue weighted by Gasteiger charge is 2.61. The van der Waals surface area contributed by atoms with Crippen LogP contribution < -0.4 is 21.5 Å². The second-order valence-corrected chi connectivity index (χ2v) is 12.4. The van der Waals surface area contributed by atoms with Gasteiger partial charge in [0.2, 0.25) is 5.95 Å². The molecule has 0 aliphatic carbocycles. The van der Waals surface area contributed by atoms with Gasteiger partial charge in [-0.05, 0) is 41.5 Å². The van der Waals surface area contributed by atoms with Gasteiger partial charge in [-0.1, -0.05) is 0 Å². The zero-order valence-corrected chi connectivity index (χ0v) is 25.1. The van der Waals surface area contributed by atoms with Crippen LogP contribution in [-0.2, 0) is 32.9 Å². The van der Waals surface area contributed by atoms with Gasteiger partial charge in [-0.15, -0.1) is 0 Å². The summed E-state index contributed by atoms with van der Waals surface area (Å²) in [5.41, 5.74) is 1.30. The molecule has 0 unspecified atom stereocenters. The van der Waals surface area contributed by atoms with E-state index in [-0.39, 0.29) is 17.1 Å². The molecule has 0 radical (unpaired) electrons. The minimum atomic E-state index is -4.64. The number of esters is 2. The molecule has 17 nitrogen and oxygen atoms in total. The van der Waals surface area contributed by atoms with Crippen LogP contribution in [0.4, 0.5) is 14.7 Å². The van der Waals surface area contributed by atoms with E-state index in [1.807, 2.05) is 0 Å². The van der Waals surface area contributed by atoms with E-state index < -0.39 is 86.5 Å². The van der Waals surface area contributed by atoms with Crippen molar-refractivity contribution < 1.29 is 51.9 Å². The molecule has 0 amide bonds. The van der Waals surface area contributed by atoms with Crippen molar-refractivity contribution in [1.29, 1.82) is 0 Å². The van der Waals surface area contributed by atoms with Crippen molar-refractivity contribution in [3.63, 3.8) is 0 Å². The number of carbonyl (C=O) groups is 2. The standard InChI is InChI=1S/C23H36F2N7O10P/c1-9(2)40-19(36)11(5)30-43(38,31-12(6)20(37)41-10(3)4)39-7-23(21(24)25)15(34)14(33)18(42-23)32-8-27-13-16(32)28-22(26)29-17(13)35/h8-12,14-15,18,21,33-34H,7H2,1-6H3,(H2,30,31,38)(H3,26,28,29,35)/t11-,12-,14+,15-,18+,23+/m0/s1. The van der Waals surface area contributed by atoms with Gasteiger partial charge in [0.05, 0.1) is 25.1 Å². The number of fused-ring (bicyclic) bond motifs is 1. The molecular weight excluding hydrogens is 603 g/mol. The van der Waals surface area contributed by atoms with Crippen LogP contribution in [0.2, 0.25) is 0 Å². The molecule has 0 saturated carbocycles. The van der Waals surface area contributed by atoms with Crippen LogP contribution in [0.15, 0.2) is 11.1 Å². The summed E-state index contributed by atoms with van der Waals surface area (Å²) in [5, 5.41) is 26.2. The lowest BCUT2D eigenvalue weighted by atomic mass is 9.96. The van der Waals surface area contributed by atoms with E-state index in [0.717, 1.165) is 10.9 Å². The quantitative estimate of drug-likeness (QED) is 0.124. The van der Waals surface area contributed by atoms with Crippen molar-refractivity contribution in [1.82, 2.24) is 29.7 Å². The summed E-state index contributed by atoms with van der Waals surface area (Å²) in [5.74, 6) is -2.09. The Kier molecular flexibility index (Phi) is 10.6. The first-order valence-corrected chi connectivity index (χ1v) is 14.8. The number of aromatic amines is 1. The SMILES string of the molecule is CC(C)OC(=O)[C@H](C)NP(=O)(N[C@@H](C)C(=O)OC(C)C)OC[C@@]1(C(F)F)O[C@@H](n2cnc3c(=O)[nH]c(N)nc32)[C@H](O)[C@@H]1O. The van der Waals surface area contributed by atoms with Gasteiger partial charge in [0, 0.05) is 0 Å². The third kappa shape index (κ3) is 7.54. The first-order chi connectivity index (χ1) is 19.9. The molecule has 2 aromatic rings. The van der Waals surface area contributed by atoms with Gasteiger partial charge in [-0.2, -0.15) is 4.98 Å². The molecule has 3 heterocycles. The zero-order chi connectivity index (χ0) is 32.4. The molecule has 0 aromatic carbocycles. The van der Waals surface area contributed by atoms with E-state index >= 15 is 0 Å². The van der Waals surface area contributed by atoms with Crippen LogP contribution in [0.25, 0.3) is 11.2 Å². The molecule has 242 valence electrons. The molecule has 1 aliphatic heterocycles. The highest BCUT2D eigenvalue weighted by Crippen LogP contribution is 2.47. The van der Waals surface area contributed by atoms with E-state index in [2.05, 4.69) is 25.1 Å². The number of aromatic nitrogens is 4. The van der Waals surface area contributed by atoms with Crippen molar-refractivity contribution >= 4 is 36.7 Å². The van der Waals surface area contributed by atoms with Gasteiger partial charge in [-0.3, -0.25) is 28.5 Å². The Labute approximate surface area is 244 Å². The molecule has 3 rings (SSSR count). The van der Waals surface area contributed by atoms with E-state index in [1.165, 1.54) is 13.8 Å². The molecule has 7 N–H and O–H groups in total. The molecule has 2 aromatic heterocycles. The molecule has 0 spiro atoms. The first kappa shape index (κ1) is 34.4. The van der Waals surface area contributed by atoms with Crippen LogP contribution in [-0.4, -0.2) is 96.8 Å². The lowest BCUT2D eigenvalue weighted by molar-refractivity contribution is -0.191. The van der Waals surface area contributed by atoms with Gasteiger partial charge in [0.25, 0.3) is 12.0 Å². The number of nitrogens with two attached hydrogens (primary N) is 1. The third-order valence-electron chi connectivity index (χ3n) is 6.16. The summed E-state index contributed by atoms with van der Waals surface area (Å²) in [7, 11) is -4.64. The summed E-state index contributed by atoms with van der Waals surface area (Å²) in [6, 6.07) is -2.67. The summed E-state index contributed by atoms with van der Waals surface area (Å²) in [6.45, 7) is 7.45. The average molecular weight is 640 g/mol. The zero-order valence-electron chi connectivity index (χ0n) is 24.2. The van der Waals surface area contributed by atoms with Crippen LogP contribution in [0.3, 0.4) is 0 Å². The monoisotopic (exact) mass is 639 g/mol. The number of hydrogen-bond donors (Lipinski definition) is 6. The Morgan fingerprint density at radius 3 is 2.16 bits per heavy atom. The highest BCUT2D eigenvalue weighted by molar-refractivity contribution is 7.54. The number of nitrogen functional groups attached to an aromatic ring is 1. The Morgan fingerprint density at radius 2 is 1.67 bits per heavy atom. The second-order valence-electron chi connectivity index (χ2n) is 10.5. The number of nitrogens with zero attached hydrogens (tertiary/aromatic N) is 3. The summed E-state index contributed by atoms with van der Waals surface area (Å²) >= 11 is 0. The normalized spacial score (nSPS) is 24.2. The molecular formula is C23H36F2N7O10P. The maximum atomic E-state index is 14.6. The molecule has 0 bridgehead atoms. The predicted octanol–water partition coefficient (Wildman–Crippen LogP) is -0.0596. The fourth-order valence-corrected chi connectivity index (χ4v) is 5.95. The number of hydrogen-bond acceptors (Lipinski definition) is 13. The number of imidazole rings is 1. The molecule has 1 fully saturated rings.